The third kappa shape index (κ3) is 1.85. The Morgan fingerprint density at radius 1 is 1.59 bits per heavy atom. The lowest BCUT2D eigenvalue weighted by atomic mass is 10.1. The molecule has 2 N–H and O–H groups in total. The number of hydrogen-bond donors (Lipinski definition) is 2. The number of aromatic hydroxyl groups is 1. The van der Waals surface area contributed by atoms with Gasteiger partial charge in [-0.25, -0.2) is 4.79 Å². The molecule has 92 valence electrons. The Bertz CT molecular complexity index is 472. The highest BCUT2D eigenvalue weighted by molar-refractivity contribution is 6.32. The van der Waals surface area contributed by atoms with Crippen LogP contribution in [0.1, 0.15) is 11.7 Å². The van der Waals surface area contributed by atoms with Gasteiger partial charge in [-0.1, -0.05) is 11.6 Å². The number of fused-ring (bicyclic) bond motifs is 1. The van der Waals surface area contributed by atoms with Gasteiger partial charge in [0, 0.05) is 6.07 Å². The number of benzene rings is 1. The highest BCUT2D eigenvalue weighted by Crippen LogP contribution is 2.47. The molecule has 1 atom stereocenters. The zero-order valence-electron chi connectivity index (χ0n) is 8.77. The van der Waals surface area contributed by atoms with Gasteiger partial charge >= 0.3 is 5.97 Å². The summed E-state index contributed by atoms with van der Waals surface area (Å²) in [5.41, 5.74) is -0.156. The number of phenols is 1. The SMILES string of the molecule is COC(=O)C(O)c1c(O)c(Cl)cc2c1OCO2. The van der Waals surface area contributed by atoms with E-state index in [1.165, 1.54) is 6.07 Å². The van der Waals surface area contributed by atoms with Crippen molar-refractivity contribution in [3.8, 4) is 17.2 Å². The second-order valence-corrected chi connectivity index (χ2v) is 3.69. The van der Waals surface area contributed by atoms with Crippen molar-refractivity contribution in [1.29, 1.82) is 0 Å². The number of aliphatic hydroxyl groups is 1. The number of aliphatic hydroxyl groups excluding tert-OH is 1. The normalized spacial score (nSPS) is 14.5. The molecule has 1 aliphatic heterocycles. The predicted octanol–water partition coefficient (Wildman–Crippen LogP) is 0.981. The molecule has 0 saturated carbocycles. The van der Waals surface area contributed by atoms with E-state index in [1.54, 1.807) is 0 Å². The molecule has 1 aliphatic rings. The van der Waals surface area contributed by atoms with E-state index < -0.39 is 17.8 Å². The molecule has 1 aromatic carbocycles. The Kier molecular flexibility index (Phi) is 2.99. The molecular weight excluding hydrogens is 252 g/mol. The number of esters is 1. The van der Waals surface area contributed by atoms with Gasteiger partial charge in [-0.2, -0.15) is 0 Å². The van der Waals surface area contributed by atoms with E-state index >= 15 is 0 Å². The summed E-state index contributed by atoms with van der Waals surface area (Å²) in [5.74, 6) is -1.02. The minimum Gasteiger partial charge on any atom is -0.506 e. The van der Waals surface area contributed by atoms with Crippen LogP contribution in [0.2, 0.25) is 5.02 Å². The summed E-state index contributed by atoms with van der Waals surface area (Å²) in [6.07, 6.45) is -1.69. The fraction of sp³-hybridized carbons (Fsp3) is 0.300. The minimum absolute atomic E-state index is 0.0489. The van der Waals surface area contributed by atoms with Crippen LogP contribution in [-0.2, 0) is 9.53 Å². The van der Waals surface area contributed by atoms with Crippen molar-refractivity contribution in [1.82, 2.24) is 0 Å². The summed E-state index contributed by atoms with van der Waals surface area (Å²) < 4.78 is 14.5. The maximum absolute atomic E-state index is 11.3. The first-order chi connectivity index (χ1) is 8.06. The number of ether oxygens (including phenoxy) is 3. The van der Waals surface area contributed by atoms with E-state index in [4.69, 9.17) is 21.1 Å². The lowest BCUT2D eigenvalue weighted by molar-refractivity contribution is -0.150. The number of carbonyl (C=O) groups excluding carboxylic acids is 1. The molecule has 6 nitrogen and oxygen atoms in total. The van der Waals surface area contributed by atoms with Crippen molar-refractivity contribution < 1.29 is 29.2 Å². The fourth-order valence-corrected chi connectivity index (χ4v) is 1.71. The molecule has 2 rings (SSSR count). The van der Waals surface area contributed by atoms with E-state index in [0.29, 0.717) is 0 Å². The number of carbonyl (C=O) groups is 1. The van der Waals surface area contributed by atoms with Gasteiger partial charge in [0.05, 0.1) is 17.7 Å². The third-order valence-electron chi connectivity index (χ3n) is 2.32. The number of halogens is 1. The van der Waals surface area contributed by atoms with Gasteiger partial charge in [0.1, 0.15) is 5.75 Å². The van der Waals surface area contributed by atoms with E-state index in [2.05, 4.69) is 4.74 Å². The van der Waals surface area contributed by atoms with Gasteiger partial charge < -0.3 is 24.4 Å². The van der Waals surface area contributed by atoms with Crippen LogP contribution in [0.4, 0.5) is 0 Å². The first kappa shape index (κ1) is 11.8. The van der Waals surface area contributed by atoms with Crippen molar-refractivity contribution in [2.24, 2.45) is 0 Å². The van der Waals surface area contributed by atoms with Crippen molar-refractivity contribution >= 4 is 17.6 Å². The Labute approximate surface area is 101 Å². The Balaban J connectivity index is 2.56. The number of phenolic OH excluding ortho intramolecular Hbond substituents is 1. The maximum Gasteiger partial charge on any atom is 0.339 e. The first-order valence-corrected chi connectivity index (χ1v) is 5.01. The molecule has 0 fully saturated rings. The van der Waals surface area contributed by atoms with Crippen LogP contribution in [-0.4, -0.2) is 30.1 Å². The standard InChI is InChI=1S/C10H9ClO6/c1-15-10(14)8(13)6-7(12)4(11)2-5-9(6)17-3-16-5/h2,8,12-13H,3H2,1H3. The second-order valence-electron chi connectivity index (χ2n) is 3.28. The first-order valence-electron chi connectivity index (χ1n) is 4.63. The van der Waals surface area contributed by atoms with Gasteiger partial charge in [0.25, 0.3) is 0 Å². The fourth-order valence-electron chi connectivity index (χ4n) is 1.51. The van der Waals surface area contributed by atoms with Crippen LogP contribution in [0.15, 0.2) is 6.07 Å². The summed E-state index contributed by atoms with van der Waals surface area (Å²) in [4.78, 5) is 11.3. The lowest BCUT2D eigenvalue weighted by Gasteiger charge is -2.13. The van der Waals surface area contributed by atoms with Crippen LogP contribution in [0.3, 0.4) is 0 Å². The summed E-state index contributed by atoms with van der Waals surface area (Å²) in [6.45, 7) is -0.0734. The highest BCUT2D eigenvalue weighted by atomic mass is 35.5. The lowest BCUT2D eigenvalue weighted by Crippen LogP contribution is -2.14. The summed E-state index contributed by atoms with van der Waals surface area (Å²) >= 11 is 5.74. The van der Waals surface area contributed by atoms with Gasteiger partial charge in [-0.05, 0) is 0 Å². The van der Waals surface area contributed by atoms with Crippen molar-refractivity contribution in [2.45, 2.75) is 6.10 Å². The number of methoxy groups -OCH3 is 1. The minimum atomic E-state index is -1.69. The molecule has 0 amide bonds. The van der Waals surface area contributed by atoms with Gasteiger partial charge in [0.2, 0.25) is 6.79 Å². The van der Waals surface area contributed by atoms with Crippen LogP contribution < -0.4 is 9.47 Å². The van der Waals surface area contributed by atoms with Crippen LogP contribution >= 0.6 is 11.6 Å². The summed E-state index contributed by atoms with van der Waals surface area (Å²) in [5, 5.41) is 19.4. The average molecular weight is 261 g/mol. The van der Waals surface area contributed by atoms with Crippen LogP contribution in [0, 0.1) is 0 Å². The van der Waals surface area contributed by atoms with E-state index in [9.17, 15) is 15.0 Å². The van der Waals surface area contributed by atoms with E-state index in [1.807, 2.05) is 0 Å². The molecule has 1 unspecified atom stereocenters. The smallest absolute Gasteiger partial charge is 0.339 e. The molecule has 0 spiro atoms. The molecule has 0 radical (unpaired) electrons. The quantitative estimate of drug-likeness (QED) is 0.771. The molecule has 0 aliphatic carbocycles. The number of rotatable bonds is 2. The third-order valence-corrected chi connectivity index (χ3v) is 2.61. The molecule has 1 aromatic rings. The van der Waals surface area contributed by atoms with Crippen LogP contribution in [0.25, 0.3) is 0 Å². The molecule has 0 bridgehead atoms. The summed E-state index contributed by atoms with van der Waals surface area (Å²) in [7, 11) is 1.12. The predicted molar refractivity (Wildman–Crippen MR) is 56.2 cm³/mol. The maximum atomic E-state index is 11.3. The monoisotopic (exact) mass is 260 g/mol. The molecular formula is C10H9ClO6. The molecule has 0 aromatic heterocycles. The van der Waals surface area contributed by atoms with E-state index in [-0.39, 0.29) is 28.9 Å². The second kappa shape index (κ2) is 4.31. The van der Waals surface area contributed by atoms with Crippen LogP contribution in [0.5, 0.6) is 17.2 Å². The van der Waals surface area contributed by atoms with Gasteiger partial charge in [-0.3, -0.25) is 0 Å². The molecule has 0 saturated heterocycles. The van der Waals surface area contributed by atoms with Crippen molar-refractivity contribution in [3.05, 3.63) is 16.7 Å². The molecule has 7 heteroatoms. The zero-order chi connectivity index (χ0) is 12.6. The Morgan fingerprint density at radius 2 is 2.29 bits per heavy atom. The summed E-state index contributed by atoms with van der Waals surface area (Å²) in [6, 6.07) is 1.34. The average Bonchev–Trinajstić information content (AvgIpc) is 2.76. The molecule has 1 heterocycles. The van der Waals surface area contributed by atoms with Crippen molar-refractivity contribution in [3.63, 3.8) is 0 Å². The van der Waals surface area contributed by atoms with E-state index in [0.717, 1.165) is 7.11 Å². The highest BCUT2D eigenvalue weighted by Gasteiger charge is 2.32. The van der Waals surface area contributed by atoms with Gasteiger partial charge in [-0.15, -0.1) is 0 Å². The van der Waals surface area contributed by atoms with Gasteiger partial charge in [0.15, 0.2) is 17.6 Å². The Hall–Kier alpha value is -1.66. The Morgan fingerprint density at radius 3 is 2.94 bits per heavy atom. The topological polar surface area (TPSA) is 85.2 Å². The van der Waals surface area contributed by atoms with Crippen molar-refractivity contribution in [2.75, 3.05) is 13.9 Å². The zero-order valence-corrected chi connectivity index (χ0v) is 9.52. The molecule has 17 heavy (non-hydrogen) atoms. The largest absolute Gasteiger partial charge is 0.506 e. The number of hydrogen-bond acceptors (Lipinski definition) is 6.